The average molecular weight is 252 g/mol. The van der Waals surface area contributed by atoms with Crippen LogP contribution in [0.2, 0.25) is 0 Å². The van der Waals surface area contributed by atoms with E-state index in [1.807, 2.05) is 6.07 Å². The van der Waals surface area contributed by atoms with Crippen molar-refractivity contribution in [1.82, 2.24) is 5.43 Å². The smallest absolute Gasteiger partial charge is 0.124 e. The van der Waals surface area contributed by atoms with Crippen LogP contribution in [0.5, 0.6) is 5.75 Å². The first-order valence-corrected chi connectivity index (χ1v) is 6.23. The number of hydrogen-bond acceptors (Lipinski definition) is 4. The summed E-state index contributed by atoms with van der Waals surface area (Å²) in [4.78, 5) is 0. The van der Waals surface area contributed by atoms with Gasteiger partial charge in [-0.25, -0.2) is 0 Å². The van der Waals surface area contributed by atoms with Gasteiger partial charge in [0.25, 0.3) is 0 Å². The van der Waals surface area contributed by atoms with E-state index in [2.05, 4.69) is 32.3 Å². The van der Waals surface area contributed by atoms with Gasteiger partial charge in [-0.05, 0) is 37.5 Å². The van der Waals surface area contributed by atoms with Gasteiger partial charge >= 0.3 is 0 Å². The molecule has 0 aliphatic carbocycles. The van der Waals surface area contributed by atoms with Crippen LogP contribution in [-0.4, -0.2) is 20.3 Å². The fraction of sp³-hybridized carbons (Fsp3) is 0.571. The molecule has 102 valence electrons. The molecule has 2 atom stereocenters. The third kappa shape index (κ3) is 3.02. The van der Waals surface area contributed by atoms with Gasteiger partial charge < -0.3 is 9.47 Å². The van der Waals surface area contributed by atoms with Gasteiger partial charge in [-0.2, -0.15) is 0 Å². The molecule has 0 fully saturated rings. The Morgan fingerprint density at radius 3 is 2.39 bits per heavy atom. The zero-order valence-corrected chi connectivity index (χ0v) is 11.9. The summed E-state index contributed by atoms with van der Waals surface area (Å²) in [5, 5.41) is 0. The highest BCUT2D eigenvalue weighted by molar-refractivity contribution is 5.45. The minimum atomic E-state index is -0.0736. The number of aryl methyl sites for hydroxylation is 2. The van der Waals surface area contributed by atoms with E-state index in [4.69, 9.17) is 15.3 Å². The minimum Gasteiger partial charge on any atom is -0.496 e. The Hall–Kier alpha value is -1.10. The molecule has 0 bridgehead atoms. The predicted molar refractivity (Wildman–Crippen MR) is 73.6 cm³/mol. The molecule has 0 aliphatic rings. The number of benzene rings is 1. The van der Waals surface area contributed by atoms with Crippen molar-refractivity contribution in [1.29, 1.82) is 0 Å². The molecular weight excluding hydrogens is 228 g/mol. The Balaban J connectivity index is 3.27. The second-order valence-corrected chi connectivity index (χ2v) is 4.52. The summed E-state index contributed by atoms with van der Waals surface area (Å²) >= 11 is 0. The Labute approximate surface area is 109 Å². The van der Waals surface area contributed by atoms with Crippen molar-refractivity contribution in [2.75, 3.05) is 14.2 Å². The topological polar surface area (TPSA) is 56.5 Å². The van der Waals surface area contributed by atoms with E-state index in [1.54, 1.807) is 14.2 Å². The van der Waals surface area contributed by atoms with Gasteiger partial charge in [0, 0.05) is 12.7 Å². The first kappa shape index (κ1) is 15.0. The maximum absolute atomic E-state index is 5.70. The molecule has 0 saturated carbocycles. The highest BCUT2D eigenvalue weighted by atomic mass is 16.5. The standard InChI is InChI=1S/C14H24N2O2/c1-6-11(17-4)14(16-15)13-10(3)7-9(2)8-12(13)18-5/h7-8,11,14,16H,6,15H2,1-5H3. The fourth-order valence-electron chi connectivity index (χ4n) is 2.42. The molecule has 1 rings (SSSR count). The highest BCUT2D eigenvalue weighted by Crippen LogP contribution is 2.33. The van der Waals surface area contributed by atoms with Crippen LogP contribution < -0.4 is 16.0 Å². The summed E-state index contributed by atoms with van der Waals surface area (Å²) in [6.45, 7) is 6.20. The molecule has 0 saturated heterocycles. The van der Waals surface area contributed by atoms with Crippen LogP contribution in [0.4, 0.5) is 0 Å². The molecule has 0 amide bonds. The molecule has 1 aromatic rings. The van der Waals surface area contributed by atoms with Crippen molar-refractivity contribution in [2.24, 2.45) is 5.84 Å². The zero-order valence-electron chi connectivity index (χ0n) is 11.9. The number of rotatable bonds is 6. The molecule has 0 aliphatic heterocycles. The van der Waals surface area contributed by atoms with Crippen molar-refractivity contribution in [3.63, 3.8) is 0 Å². The van der Waals surface area contributed by atoms with Crippen LogP contribution in [-0.2, 0) is 4.74 Å². The fourth-order valence-corrected chi connectivity index (χ4v) is 2.42. The average Bonchev–Trinajstić information content (AvgIpc) is 2.36. The summed E-state index contributed by atoms with van der Waals surface area (Å²) in [5.41, 5.74) is 6.25. The van der Waals surface area contributed by atoms with Crippen molar-refractivity contribution >= 4 is 0 Å². The van der Waals surface area contributed by atoms with E-state index in [0.717, 1.165) is 23.3 Å². The van der Waals surface area contributed by atoms with Gasteiger partial charge in [-0.3, -0.25) is 11.3 Å². The van der Waals surface area contributed by atoms with Gasteiger partial charge in [0.05, 0.1) is 19.3 Å². The van der Waals surface area contributed by atoms with Gasteiger partial charge in [0.1, 0.15) is 5.75 Å². The van der Waals surface area contributed by atoms with Gasteiger partial charge in [0.15, 0.2) is 0 Å². The van der Waals surface area contributed by atoms with Crippen LogP contribution in [0.25, 0.3) is 0 Å². The molecule has 0 spiro atoms. The molecule has 0 heterocycles. The Morgan fingerprint density at radius 1 is 1.28 bits per heavy atom. The lowest BCUT2D eigenvalue weighted by Crippen LogP contribution is -2.38. The second-order valence-electron chi connectivity index (χ2n) is 4.52. The largest absolute Gasteiger partial charge is 0.496 e. The number of methoxy groups -OCH3 is 2. The summed E-state index contributed by atoms with van der Waals surface area (Å²) in [5.74, 6) is 6.55. The van der Waals surface area contributed by atoms with E-state index >= 15 is 0 Å². The first-order chi connectivity index (χ1) is 8.58. The number of ether oxygens (including phenoxy) is 2. The molecule has 2 unspecified atom stereocenters. The third-order valence-electron chi connectivity index (χ3n) is 3.28. The van der Waals surface area contributed by atoms with E-state index in [1.165, 1.54) is 5.56 Å². The van der Waals surface area contributed by atoms with E-state index < -0.39 is 0 Å². The number of nitrogens with two attached hydrogens (primary N) is 1. The third-order valence-corrected chi connectivity index (χ3v) is 3.28. The van der Waals surface area contributed by atoms with Crippen LogP contribution in [0.15, 0.2) is 12.1 Å². The lowest BCUT2D eigenvalue weighted by atomic mass is 9.93. The maximum Gasteiger partial charge on any atom is 0.124 e. The van der Waals surface area contributed by atoms with Gasteiger partial charge in [-0.15, -0.1) is 0 Å². The van der Waals surface area contributed by atoms with Crippen molar-refractivity contribution in [2.45, 2.75) is 39.3 Å². The predicted octanol–water partition coefficient (Wildman–Crippen LogP) is 2.24. The Morgan fingerprint density at radius 2 is 1.94 bits per heavy atom. The van der Waals surface area contributed by atoms with Crippen LogP contribution >= 0.6 is 0 Å². The molecule has 0 aromatic heterocycles. The van der Waals surface area contributed by atoms with Crippen molar-refractivity contribution in [3.05, 3.63) is 28.8 Å². The van der Waals surface area contributed by atoms with E-state index in [-0.39, 0.29) is 12.1 Å². The van der Waals surface area contributed by atoms with Gasteiger partial charge in [0.2, 0.25) is 0 Å². The zero-order chi connectivity index (χ0) is 13.7. The summed E-state index contributed by atoms with van der Waals surface area (Å²) < 4.78 is 11.0. The molecule has 3 N–H and O–H groups in total. The molecule has 0 radical (unpaired) electrons. The van der Waals surface area contributed by atoms with Crippen LogP contribution in [0.1, 0.15) is 36.1 Å². The lowest BCUT2D eigenvalue weighted by Gasteiger charge is -2.28. The van der Waals surface area contributed by atoms with Gasteiger partial charge in [-0.1, -0.05) is 13.0 Å². The second kappa shape index (κ2) is 6.73. The van der Waals surface area contributed by atoms with Crippen molar-refractivity contribution in [3.8, 4) is 5.75 Å². The maximum atomic E-state index is 5.70. The SMILES string of the molecule is CCC(OC)C(NN)c1c(C)cc(C)cc1OC. The highest BCUT2D eigenvalue weighted by Gasteiger charge is 2.25. The molecule has 1 aromatic carbocycles. The number of hydrogen-bond donors (Lipinski definition) is 2. The monoisotopic (exact) mass is 252 g/mol. The van der Waals surface area contributed by atoms with E-state index in [0.29, 0.717) is 0 Å². The summed E-state index contributed by atoms with van der Waals surface area (Å²) in [7, 11) is 3.38. The lowest BCUT2D eigenvalue weighted by molar-refractivity contribution is 0.0640. The van der Waals surface area contributed by atoms with Crippen molar-refractivity contribution < 1.29 is 9.47 Å². The molecule has 4 heteroatoms. The Kier molecular flexibility index (Phi) is 5.59. The number of nitrogens with one attached hydrogen (secondary N) is 1. The molecule has 18 heavy (non-hydrogen) atoms. The van der Waals surface area contributed by atoms with Crippen LogP contribution in [0.3, 0.4) is 0 Å². The molecule has 4 nitrogen and oxygen atoms in total. The molecular formula is C14H24N2O2. The summed E-state index contributed by atoms with van der Waals surface area (Å²) in [6, 6.07) is 4.08. The number of hydrazine groups is 1. The van der Waals surface area contributed by atoms with Crippen LogP contribution in [0, 0.1) is 13.8 Å². The Bertz CT molecular complexity index is 390. The minimum absolute atomic E-state index is 0.0188. The quantitative estimate of drug-likeness (QED) is 0.602. The van der Waals surface area contributed by atoms with E-state index in [9.17, 15) is 0 Å². The first-order valence-electron chi connectivity index (χ1n) is 6.23. The summed E-state index contributed by atoms with van der Waals surface area (Å²) in [6.07, 6.45) is 0.896. The normalized spacial score (nSPS) is 14.3.